The summed E-state index contributed by atoms with van der Waals surface area (Å²) in [7, 11) is 0. The monoisotopic (exact) mass is 358 g/mol. The topological polar surface area (TPSA) is 104 Å². The average molecular weight is 358 g/mol. The molecule has 8 heteroatoms. The van der Waals surface area contributed by atoms with Gasteiger partial charge in [0, 0.05) is 49.7 Å². The van der Waals surface area contributed by atoms with Crippen LogP contribution in [0.2, 0.25) is 0 Å². The van der Waals surface area contributed by atoms with Gasteiger partial charge in [-0.2, -0.15) is 0 Å². The van der Waals surface area contributed by atoms with E-state index in [0.717, 1.165) is 49.8 Å². The lowest BCUT2D eigenvalue weighted by Crippen LogP contribution is -2.38. The zero-order chi connectivity index (χ0) is 18.7. The SMILES string of the molecule is Cc1c(C(N)=O)cc(-c2ccc([N+](=O)[O-])cc2)n1CCN1CCOCC1. The third kappa shape index (κ3) is 3.76. The highest BCUT2D eigenvalue weighted by atomic mass is 16.6. The number of benzene rings is 1. The van der Waals surface area contributed by atoms with Gasteiger partial charge < -0.3 is 15.0 Å². The van der Waals surface area contributed by atoms with Crippen LogP contribution in [0.3, 0.4) is 0 Å². The number of nitro benzene ring substituents is 1. The second-order valence-electron chi connectivity index (χ2n) is 6.30. The second-order valence-corrected chi connectivity index (χ2v) is 6.30. The molecule has 1 amide bonds. The molecule has 1 aliphatic heterocycles. The molecule has 26 heavy (non-hydrogen) atoms. The van der Waals surface area contributed by atoms with E-state index in [2.05, 4.69) is 9.47 Å². The molecule has 138 valence electrons. The van der Waals surface area contributed by atoms with E-state index in [4.69, 9.17) is 10.5 Å². The Morgan fingerprint density at radius 1 is 1.23 bits per heavy atom. The Kier molecular flexibility index (Phi) is 5.34. The van der Waals surface area contributed by atoms with Crippen LogP contribution in [0.15, 0.2) is 30.3 Å². The van der Waals surface area contributed by atoms with Crippen LogP contribution in [0, 0.1) is 17.0 Å². The van der Waals surface area contributed by atoms with Crippen molar-refractivity contribution in [3.63, 3.8) is 0 Å². The molecule has 0 bridgehead atoms. The summed E-state index contributed by atoms with van der Waals surface area (Å²) < 4.78 is 7.42. The number of carbonyl (C=O) groups is 1. The molecule has 1 fully saturated rings. The summed E-state index contributed by atoms with van der Waals surface area (Å²) in [4.78, 5) is 24.5. The number of ether oxygens (including phenoxy) is 1. The van der Waals surface area contributed by atoms with Crippen molar-refractivity contribution in [3.8, 4) is 11.3 Å². The van der Waals surface area contributed by atoms with Gasteiger partial charge >= 0.3 is 0 Å². The van der Waals surface area contributed by atoms with Crippen LogP contribution >= 0.6 is 0 Å². The number of nitrogens with two attached hydrogens (primary N) is 1. The van der Waals surface area contributed by atoms with Crippen molar-refractivity contribution in [2.24, 2.45) is 5.73 Å². The maximum absolute atomic E-state index is 11.8. The van der Waals surface area contributed by atoms with E-state index in [0.29, 0.717) is 12.1 Å². The molecule has 1 aromatic carbocycles. The lowest BCUT2D eigenvalue weighted by Gasteiger charge is -2.27. The van der Waals surface area contributed by atoms with E-state index < -0.39 is 10.8 Å². The maximum atomic E-state index is 11.8. The summed E-state index contributed by atoms with van der Waals surface area (Å²) in [6.07, 6.45) is 0. The van der Waals surface area contributed by atoms with Gasteiger partial charge in [-0.05, 0) is 30.7 Å². The molecule has 0 radical (unpaired) electrons. The summed E-state index contributed by atoms with van der Waals surface area (Å²) in [5.74, 6) is -0.476. The van der Waals surface area contributed by atoms with E-state index in [1.165, 1.54) is 12.1 Å². The standard InChI is InChI=1S/C18H22N4O4/c1-13-16(18(19)23)12-17(14-2-4-15(5-3-14)22(24)25)21(13)7-6-20-8-10-26-11-9-20/h2-5,12H,6-11H2,1H3,(H2,19,23). The summed E-state index contributed by atoms with van der Waals surface area (Å²) in [5.41, 5.74) is 8.47. The lowest BCUT2D eigenvalue weighted by molar-refractivity contribution is -0.384. The zero-order valence-corrected chi connectivity index (χ0v) is 14.7. The van der Waals surface area contributed by atoms with E-state index >= 15 is 0 Å². The van der Waals surface area contributed by atoms with E-state index in [-0.39, 0.29) is 5.69 Å². The number of nitro groups is 1. The van der Waals surface area contributed by atoms with Gasteiger partial charge in [-0.25, -0.2) is 0 Å². The van der Waals surface area contributed by atoms with Crippen molar-refractivity contribution in [1.82, 2.24) is 9.47 Å². The van der Waals surface area contributed by atoms with Crippen molar-refractivity contribution in [2.75, 3.05) is 32.8 Å². The van der Waals surface area contributed by atoms with Gasteiger partial charge in [0.2, 0.25) is 0 Å². The Morgan fingerprint density at radius 2 is 1.88 bits per heavy atom. The molecule has 1 aromatic heterocycles. The Morgan fingerprint density at radius 3 is 2.46 bits per heavy atom. The molecular formula is C18H22N4O4. The van der Waals surface area contributed by atoms with Crippen molar-refractivity contribution >= 4 is 11.6 Å². The highest BCUT2D eigenvalue weighted by Crippen LogP contribution is 2.27. The number of nitrogens with zero attached hydrogens (tertiary/aromatic N) is 3. The third-order valence-corrected chi connectivity index (χ3v) is 4.75. The zero-order valence-electron chi connectivity index (χ0n) is 14.7. The van der Waals surface area contributed by atoms with Gasteiger partial charge in [-0.15, -0.1) is 0 Å². The van der Waals surface area contributed by atoms with E-state index in [1.54, 1.807) is 18.2 Å². The molecule has 8 nitrogen and oxygen atoms in total. The number of rotatable bonds is 6. The van der Waals surface area contributed by atoms with Crippen LogP contribution in [0.1, 0.15) is 16.1 Å². The Bertz CT molecular complexity index is 807. The first-order chi connectivity index (χ1) is 12.5. The fourth-order valence-corrected chi connectivity index (χ4v) is 3.24. The Hall–Kier alpha value is -2.71. The smallest absolute Gasteiger partial charge is 0.269 e. The number of carbonyl (C=O) groups excluding carboxylic acids is 1. The number of aromatic nitrogens is 1. The van der Waals surface area contributed by atoms with Gasteiger partial charge in [0.15, 0.2) is 0 Å². The number of non-ortho nitro benzene ring substituents is 1. The molecule has 2 aromatic rings. The normalized spacial score (nSPS) is 15.1. The molecule has 2 heterocycles. The molecule has 2 N–H and O–H groups in total. The Balaban J connectivity index is 1.90. The van der Waals surface area contributed by atoms with Gasteiger partial charge in [-0.3, -0.25) is 19.8 Å². The van der Waals surface area contributed by atoms with Crippen molar-refractivity contribution in [3.05, 3.63) is 51.7 Å². The maximum Gasteiger partial charge on any atom is 0.269 e. The third-order valence-electron chi connectivity index (χ3n) is 4.75. The lowest BCUT2D eigenvalue weighted by atomic mass is 10.1. The van der Waals surface area contributed by atoms with Crippen LogP contribution in [-0.2, 0) is 11.3 Å². The molecule has 1 aliphatic rings. The first-order valence-electron chi connectivity index (χ1n) is 8.52. The quantitative estimate of drug-likeness (QED) is 0.626. The second kappa shape index (κ2) is 7.67. The number of hydrogen-bond donors (Lipinski definition) is 1. The fourth-order valence-electron chi connectivity index (χ4n) is 3.24. The van der Waals surface area contributed by atoms with Gasteiger partial charge in [-0.1, -0.05) is 0 Å². The molecule has 0 saturated carbocycles. The average Bonchev–Trinajstić information content (AvgIpc) is 2.97. The molecule has 0 unspecified atom stereocenters. The molecule has 0 aliphatic carbocycles. The summed E-state index contributed by atoms with van der Waals surface area (Å²) >= 11 is 0. The molecule has 0 atom stereocenters. The minimum absolute atomic E-state index is 0.0343. The van der Waals surface area contributed by atoms with Crippen LogP contribution in [0.4, 0.5) is 5.69 Å². The van der Waals surface area contributed by atoms with Gasteiger partial charge in [0.25, 0.3) is 11.6 Å². The number of amides is 1. The van der Waals surface area contributed by atoms with Crippen molar-refractivity contribution < 1.29 is 14.5 Å². The predicted octanol–water partition coefficient (Wildman–Crippen LogP) is 1.80. The molecule has 1 saturated heterocycles. The number of morpholine rings is 1. The molecule has 3 rings (SSSR count). The highest BCUT2D eigenvalue weighted by Gasteiger charge is 2.18. The first-order valence-corrected chi connectivity index (χ1v) is 8.52. The highest BCUT2D eigenvalue weighted by molar-refractivity contribution is 5.95. The van der Waals surface area contributed by atoms with Gasteiger partial charge in [0.05, 0.1) is 23.7 Å². The predicted molar refractivity (Wildman–Crippen MR) is 97.0 cm³/mol. The minimum atomic E-state index is -0.476. The Labute approximate surface area is 151 Å². The number of primary amides is 1. The molecular weight excluding hydrogens is 336 g/mol. The van der Waals surface area contributed by atoms with E-state index in [9.17, 15) is 14.9 Å². The fraction of sp³-hybridized carbons (Fsp3) is 0.389. The van der Waals surface area contributed by atoms with Crippen LogP contribution in [-0.4, -0.2) is 53.1 Å². The summed E-state index contributed by atoms with van der Waals surface area (Å²) in [6, 6.07) is 8.09. The first kappa shape index (κ1) is 18.1. The van der Waals surface area contributed by atoms with E-state index in [1.807, 2.05) is 6.92 Å². The largest absolute Gasteiger partial charge is 0.379 e. The summed E-state index contributed by atoms with van der Waals surface area (Å²) in [6.45, 7) is 6.63. The molecule has 0 spiro atoms. The van der Waals surface area contributed by atoms with Crippen LogP contribution < -0.4 is 5.73 Å². The van der Waals surface area contributed by atoms with Crippen molar-refractivity contribution in [2.45, 2.75) is 13.5 Å². The van der Waals surface area contributed by atoms with Gasteiger partial charge in [0.1, 0.15) is 0 Å². The van der Waals surface area contributed by atoms with Crippen LogP contribution in [0.25, 0.3) is 11.3 Å². The summed E-state index contributed by atoms with van der Waals surface area (Å²) in [5, 5.41) is 10.9. The number of hydrogen-bond acceptors (Lipinski definition) is 5. The minimum Gasteiger partial charge on any atom is -0.379 e. The van der Waals surface area contributed by atoms with Crippen molar-refractivity contribution in [1.29, 1.82) is 0 Å². The van der Waals surface area contributed by atoms with Crippen LogP contribution in [0.5, 0.6) is 0 Å².